The number of carbonyl (C=O) groups is 1. The van der Waals surface area contributed by atoms with E-state index in [9.17, 15) is 4.79 Å². The first kappa shape index (κ1) is 12.2. The largest absolute Gasteiger partial charge is 0.467 e. The number of amides is 1. The summed E-state index contributed by atoms with van der Waals surface area (Å²) in [7, 11) is 3.76. The summed E-state index contributed by atoms with van der Waals surface area (Å²) in [4.78, 5) is 17.9. The molecule has 0 spiro atoms. The van der Waals surface area contributed by atoms with Crippen LogP contribution in [0.25, 0.3) is 0 Å². The second-order valence-electron chi connectivity index (χ2n) is 4.06. The minimum atomic E-state index is -0.142. The number of pyridine rings is 1. The predicted molar refractivity (Wildman–Crippen MR) is 68.4 cm³/mol. The quantitative estimate of drug-likeness (QED) is 0.890. The molecule has 5 nitrogen and oxygen atoms in total. The molecule has 1 amide bonds. The van der Waals surface area contributed by atoms with Crippen molar-refractivity contribution in [2.45, 2.75) is 6.54 Å². The molecular formula is C13H15N3O2. The summed E-state index contributed by atoms with van der Waals surface area (Å²) in [6.45, 7) is 0.380. The highest BCUT2D eigenvalue weighted by Gasteiger charge is 2.08. The number of rotatable bonds is 4. The van der Waals surface area contributed by atoms with Crippen LogP contribution in [0.1, 0.15) is 16.1 Å². The highest BCUT2D eigenvalue weighted by Crippen LogP contribution is 2.09. The number of furan rings is 1. The molecule has 0 fully saturated rings. The Labute approximate surface area is 105 Å². The van der Waals surface area contributed by atoms with Gasteiger partial charge in [-0.1, -0.05) is 0 Å². The zero-order valence-electron chi connectivity index (χ0n) is 10.4. The third-order valence-electron chi connectivity index (χ3n) is 2.47. The van der Waals surface area contributed by atoms with E-state index in [2.05, 4.69) is 10.3 Å². The molecule has 0 radical (unpaired) electrons. The molecule has 5 heteroatoms. The summed E-state index contributed by atoms with van der Waals surface area (Å²) in [5, 5.41) is 2.79. The summed E-state index contributed by atoms with van der Waals surface area (Å²) < 4.78 is 5.15. The SMILES string of the molecule is CN(C)c1cc(C(=O)NCc2ccco2)ccn1. The first-order valence-electron chi connectivity index (χ1n) is 5.61. The molecule has 1 N–H and O–H groups in total. The minimum Gasteiger partial charge on any atom is -0.467 e. The Kier molecular flexibility index (Phi) is 3.62. The van der Waals surface area contributed by atoms with Crippen molar-refractivity contribution in [3.63, 3.8) is 0 Å². The lowest BCUT2D eigenvalue weighted by molar-refractivity contribution is 0.0948. The van der Waals surface area contributed by atoms with Crippen molar-refractivity contribution in [3.8, 4) is 0 Å². The predicted octanol–water partition coefficient (Wildman–Crippen LogP) is 1.67. The van der Waals surface area contributed by atoms with E-state index in [-0.39, 0.29) is 5.91 Å². The fourth-order valence-electron chi connectivity index (χ4n) is 1.49. The molecule has 0 atom stereocenters. The van der Waals surface area contributed by atoms with Gasteiger partial charge in [-0.25, -0.2) is 4.98 Å². The van der Waals surface area contributed by atoms with E-state index in [1.807, 2.05) is 25.1 Å². The Balaban J connectivity index is 2.02. The van der Waals surface area contributed by atoms with Gasteiger partial charge in [0, 0.05) is 25.9 Å². The van der Waals surface area contributed by atoms with Crippen LogP contribution >= 0.6 is 0 Å². The number of nitrogens with zero attached hydrogens (tertiary/aromatic N) is 2. The zero-order chi connectivity index (χ0) is 13.0. The second-order valence-corrected chi connectivity index (χ2v) is 4.06. The van der Waals surface area contributed by atoms with Gasteiger partial charge in [0.15, 0.2) is 0 Å². The van der Waals surface area contributed by atoms with E-state index < -0.39 is 0 Å². The van der Waals surface area contributed by atoms with Crippen molar-refractivity contribution < 1.29 is 9.21 Å². The number of hydrogen-bond acceptors (Lipinski definition) is 4. The molecule has 2 aromatic heterocycles. The van der Waals surface area contributed by atoms with Gasteiger partial charge in [-0.15, -0.1) is 0 Å². The lowest BCUT2D eigenvalue weighted by Gasteiger charge is -2.11. The van der Waals surface area contributed by atoms with Gasteiger partial charge in [0.2, 0.25) is 0 Å². The van der Waals surface area contributed by atoms with Gasteiger partial charge in [-0.2, -0.15) is 0 Å². The van der Waals surface area contributed by atoms with Crippen molar-refractivity contribution >= 4 is 11.7 Å². The van der Waals surface area contributed by atoms with E-state index >= 15 is 0 Å². The van der Waals surface area contributed by atoms with Crippen LogP contribution in [-0.4, -0.2) is 25.0 Å². The first-order valence-corrected chi connectivity index (χ1v) is 5.61. The average Bonchev–Trinajstić information content (AvgIpc) is 2.89. The maximum Gasteiger partial charge on any atom is 0.251 e. The van der Waals surface area contributed by atoms with Crippen LogP contribution in [0.4, 0.5) is 5.82 Å². The normalized spacial score (nSPS) is 10.1. The van der Waals surface area contributed by atoms with Gasteiger partial charge < -0.3 is 14.6 Å². The molecule has 18 heavy (non-hydrogen) atoms. The molecule has 0 saturated heterocycles. The third kappa shape index (κ3) is 2.88. The number of hydrogen-bond donors (Lipinski definition) is 1. The fraction of sp³-hybridized carbons (Fsp3) is 0.231. The Morgan fingerprint density at radius 1 is 1.44 bits per heavy atom. The van der Waals surface area contributed by atoms with Crippen molar-refractivity contribution in [1.29, 1.82) is 0 Å². The number of nitrogens with one attached hydrogen (secondary N) is 1. The topological polar surface area (TPSA) is 58.4 Å². The third-order valence-corrected chi connectivity index (χ3v) is 2.47. The molecule has 0 aromatic carbocycles. The standard InChI is InChI=1S/C13H15N3O2/c1-16(2)12-8-10(5-6-14-12)13(17)15-9-11-4-3-7-18-11/h3-8H,9H2,1-2H3,(H,15,17). The average molecular weight is 245 g/mol. The van der Waals surface area contributed by atoms with Crippen LogP contribution in [0.5, 0.6) is 0 Å². The van der Waals surface area contributed by atoms with Gasteiger partial charge in [0.05, 0.1) is 12.8 Å². The van der Waals surface area contributed by atoms with Crippen molar-refractivity contribution in [3.05, 3.63) is 48.0 Å². The lowest BCUT2D eigenvalue weighted by atomic mass is 10.2. The Morgan fingerprint density at radius 3 is 2.94 bits per heavy atom. The molecule has 2 aromatic rings. The van der Waals surface area contributed by atoms with Gasteiger partial charge in [-0.3, -0.25) is 4.79 Å². The first-order chi connectivity index (χ1) is 8.66. The second kappa shape index (κ2) is 5.35. The molecular weight excluding hydrogens is 230 g/mol. The van der Waals surface area contributed by atoms with Gasteiger partial charge in [0.25, 0.3) is 5.91 Å². The van der Waals surface area contributed by atoms with Gasteiger partial charge in [-0.05, 0) is 24.3 Å². The minimum absolute atomic E-state index is 0.142. The monoisotopic (exact) mass is 245 g/mol. The van der Waals surface area contributed by atoms with E-state index in [1.54, 1.807) is 30.7 Å². The van der Waals surface area contributed by atoms with Crippen LogP contribution in [-0.2, 0) is 6.54 Å². The van der Waals surface area contributed by atoms with Crippen LogP contribution in [0.3, 0.4) is 0 Å². The van der Waals surface area contributed by atoms with E-state index in [0.717, 1.165) is 11.6 Å². The summed E-state index contributed by atoms with van der Waals surface area (Å²) in [6.07, 6.45) is 3.20. The van der Waals surface area contributed by atoms with E-state index in [4.69, 9.17) is 4.42 Å². The zero-order valence-corrected chi connectivity index (χ0v) is 10.4. The summed E-state index contributed by atoms with van der Waals surface area (Å²) in [6, 6.07) is 7.04. The summed E-state index contributed by atoms with van der Waals surface area (Å²) in [5.41, 5.74) is 0.584. The van der Waals surface area contributed by atoms with E-state index in [1.165, 1.54) is 0 Å². The molecule has 0 aliphatic carbocycles. The molecule has 2 heterocycles. The highest BCUT2D eigenvalue weighted by atomic mass is 16.3. The summed E-state index contributed by atoms with van der Waals surface area (Å²) in [5.74, 6) is 1.34. The molecule has 94 valence electrons. The number of anilines is 1. The number of aromatic nitrogens is 1. The Hall–Kier alpha value is -2.30. The van der Waals surface area contributed by atoms with Crippen LogP contribution in [0.15, 0.2) is 41.1 Å². The lowest BCUT2D eigenvalue weighted by Crippen LogP contribution is -2.23. The molecule has 0 aliphatic rings. The van der Waals surface area contributed by atoms with Crippen molar-refractivity contribution in [2.75, 3.05) is 19.0 Å². The smallest absolute Gasteiger partial charge is 0.251 e. The molecule has 0 bridgehead atoms. The Morgan fingerprint density at radius 2 is 2.28 bits per heavy atom. The van der Waals surface area contributed by atoms with Crippen LogP contribution in [0.2, 0.25) is 0 Å². The highest BCUT2D eigenvalue weighted by molar-refractivity contribution is 5.94. The van der Waals surface area contributed by atoms with Gasteiger partial charge in [0.1, 0.15) is 11.6 Å². The maximum atomic E-state index is 11.9. The van der Waals surface area contributed by atoms with Crippen molar-refractivity contribution in [1.82, 2.24) is 10.3 Å². The van der Waals surface area contributed by atoms with Crippen LogP contribution < -0.4 is 10.2 Å². The Bertz CT molecular complexity index is 521. The van der Waals surface area contributed by atoms with Crippen LogP contribution in [0, 0.1) is 0 Å². The summed E-state index contributed by atoms with van der Waals surface area (Å²) >= 11 is 0. The maximum absolute atomic E-state index is 11.9. The van der Waals surface area contributed by atoms with E-state index in [0.29, 0.717) is 12.1 Å². The fourth-order valence-corrected chi connectivity index (χ4v) is 1.49. The van der Waals surface area contributed by atoms with Crippen molar-refractivity contribution in [2.24, 2.45) is 0 Å². The molecule has 0 unspecified atom stereocenters. The molecule has 2 rings (SSSR count). The van der Waals surface area contributed by atoms with Gasteiger partial charge >= 0.3 is 0 Å². The number of carbonyl (C=O) groups excluding carboxylic acids is 1. The molecule has 0 saturated carbocycles. The molecule has 0 aliphatic heterocycles.